The molecule has 0 spiro atoms. The third-order valence-electron chi connectivity index (χ3n) is 2.14. The zero-order chi connectivity index (χ0) is 9.97. The molecule has 1 aliphatic rings. The van der Waals surface area contributed by atoms with Gasteiger partial charge in [-0.05, 0) is 5.56 Å². The summed E-state index contributed by atoms with van der Waals surface area (Å²) < 4.78 is 0.678. The molecule has 74 valence electrons. The number of rotatable bonds is 1. The van der Waals surface area contributed by atoms with E-state index in [0.29, 0.717) is 10.7 Å². The molecule has 1 aliphatic heterocycles. The SMILES string of the molecule is O[C@H]1C[C@H](c2ccccc2)SC(=S)N1. The van der Waals surface area contributed by atoms with Crippen LogP contribution in [0.25, 0.3) is 0 Å². The molecule has 0 aliphatic carbocycles. The summed E-state index contributed by atoms with van der Waals surface area (Å²) in [6.07, 6.45) is 0.198. The van der Waals surface area contributed by atoms with Gasteiger partial charge in [0.15, 0.2) is 0 Å². The van der Waals surface area contributed by atoms with Crippen LogP contribution in [0.15, 0.2) is 30.3 Å². The monoisotopic (exact) mass is 225 g/mol. The molecule has 0 amide bonds. The van der Waals surface area contributed by atoms with Gasteiger partial charge in [0.1, 0.15) is 10.5 Å². The van der Waals surface area contributed by atoms with Crippen LogP contribution < -0.4 is 5.32 Å². The number of nitrogens with one attached hydrogen (secondary N) is 1. The van der Waals surface area contributed by atoms with Crippen LogP contribution >= 0.6 is 24.0 Å². The van der Waals surface area contributed by atoms with Gasteiger partial charge in [-0.1, -0.05) is 54.3 Å². The van der Waals surface area contributed by atoms with Gasteiger partial charge in [0.05, 0.1) is 0 Å². The summed E-state index contributed by atoms with van der Waals surface area (Å²) in [5.41, 5.74) is 1.22. The van der Waals surface area contributed by atoms with Crippen molar-refractivity contribution in [1.29, 1.82) is 0 Å². The summed E-state index contributed by atoms with van der Waals surface area (Å²) in [5.74, 6) is 0. The maximum Gasteiger partial charge on any atom is 0.136 e. The molecule has 2 nitrogen and oxygen atoms in total. The van der Waals surface area contributed by atoms with Crippen molar-refractivity contribution in [3.8, 4) is 0 Å². The number of hydrogen-bond acceptors (Lipinski definition) is 3. The molecule has 1 fully saturated rings. The average molecular weight is 225 g/mol. The van der Waals surface area contributed by atoms with E-state index >= 15 is 0 Å². The summed E-state index contributed by atoms with van der Waals surface area (Å²) in [4.78, 5) is 0. The number of thioether (sulfide) groups is 1. The van der Waals surface area contributed by atoms with Gasteiger partial charge in [0, 0.05) is 11.7 Å². The van der Waals surface area contributed by atoms with Crippen molar-refractivity contribution in [2.45, 2.75) is 17.9 Å². The lowest BCUT2D eigenvalue weighted by Crippen LogP contribution is -2.37. The number of hydrogen-bond donors (Lipinski definition) is 2. The maximum absolute atomic E-state index is 9.50. The standard InChI is InChI=1S/C10H11NOS2/c12-9-6-8(14-10(13)11-9)7-4-2-1-3-5-7/h1-5,8-9,12H,6H2,(H,11,13)/t8-,9+/m1/s1. The van der Waals surface area contributed by atoms with E-state index < -0.39 is 6.23 Å². The minimum absolute atomic E-state index is 0.278. The van der Waals surface area contributed by atoms with Crippen molar-refractivity contribution in [2.75, 3.05) is 0 Å². The van der Waals surface area contributed by atoms with Gasteiger partial charge >= 0.3 is 0 Å². The van der Waals surface area contributed by atoms with Crippen molar-refractivity contribution >= 4 is 28.3 Å². The topological polar surface area (TPSA) is 32.3 Å². The van der Waals surface area contributed by atoms with Crippen molar-refractivity contribution in [1.82, 2.24) is 5.32 Å². The van der Waals surface area contributed by atoms with Crippen LogP contribution in [0.4, 0.5) is 0 Å². The third-order valence-corrected chi connectivity index (χ3v) is 3.63. The quantitative estimate of drug-likeness (QED) is 0.717. The first kappa shape index (κ1) is 9.96. The Labute approximate surface area is 92.7 Å². The number of benzene rings is 1. The Balaban J connectivity index is 2.15. The fourth-order valence-electron chi connectivity index (χ4n) is 1.48. The number of aliphatic hydroxyl groups is 1. The molecule has 0 aromatic heterocycles. The third kappa shape index (κ3) is 2.26. The smallest absolute Gasteiger partial charge is 0.136 e. The Bertz CT molecular complexity index is 328. The van der Waals surface area contributed by atoms with Gasteiger partial charge in [-0.25, -0.2) is 0 Å². The highest BCUT2D eigenvalue weighted by Gasteiger charge is 2.24. The molecule has 1 aromatic rings. The average Bonchev–Trinajstić information content (AvgIpc) is 2.18. The molecular weight excluding hydrogens is 214 g/mol. The molecule has 2 atom stereocenters. The van der Waals surface area contributed by atoms with E-state index in [9.17, 15) is 5.11 Å². The number of aliphatic hydroxyl groups excluding tert-OH is 1. The van der Waals surface area contributed by atoms with Crippen molar-refractivity contribution < 1.29 is 5.11 Å². The lowest BCUT2D eigenvalue weighted by molar-refractivity contribution is 0.149. The van der Waals surface area contributed by atoms with E-state index in [-0.39, 0.29) is 5.25 Å². The maximum atomic E-state index is 9.50. The predicted molar refractivity (Wildman–Crippen MR) is 63.1 cm³/mol. The van der Waals surface area contributed by atoms with Crippen molar-refractivity contribution in [2.24, 2.45) is 0 Å². The molecule has 14 heavy (non-hydrogen) atoms. The van der Waals surface area contributed by atoms with Crippen LogP contribution in [-0.2, 0) is 0 Å². The molecule has 2 rings (SSSR count). The second-order valence-electron chi connectivity index (χ2n) is 3.20. The van der Waals surface area contributed by atoms with Crippen LogP contribution in [0.3, 0.4) is 0 Å². The molecule has 2 N–H and O–H groups in total. The van der Waals surface area contributed by atoms with E-state index in [0.717, 1.165) is 0 Å². The summed E-state index contributed by atoms with van der Waals surface area (Å²) in [6, 6.07) is 10.1. The lowest BCUT2D eigenvalue weighted by atomic mass is 10.1. The molecule has 0 bridgehead atoms. The first-order valence-electron chi connectivity index (χ1n) is 4.46. The highest BCUT2D eigenvalue weighted by Crippen LogP contribution is 2.36. The minimum Gasteiger partial charge on any atom is -0.374 e. The Morgan fingerprint density at radius 2 is 2.07 bits per heavy atom. The zero-order valence-corrected chi connectivity index (χ0v) is 9.15. The zero-order valence-electron chi connectivity index (χ0n) is 7.51. The van der Waals surface area contributed by atoms with E-state index in [2.05, 4.69) is 17.4 Å². The molecule has 0 radical (unpaired) electrons. The van der Waals surface area contributed by atoms with Crippen LogP contribution in [0, 0.1) is 0 Å². The van der Waals surface area contributed by atoms with Crippen LogP contribution in [0.1, 0.15) is 17.2 Å². The molecule has 0 unspecified atom stereocenters. The van der Waals surface area contributed by atoms with Gasteiger partial charge in [-0.15, -0.1) is 0 Å². The highest BCUT2D eigenvalue weighted by atomic mass is 32.2. The highest BCUT2D eigenvalue weighted by molar-refractivity contribution is 8.23. The van der Waals surface area contributed by atoms with E-state index in [1.165, 1.54) is 5.56 Å². The Morgan fingerprint density at radius 3 is 2.71 bits per heavy atom. The molecule has 1 aromatic carbocycles. The Kier molecular flexibility index (Phi) is 3.05. The number of thiocarbonyl (C=S) groups is 1. The summed E-state index contributed by atoms with van der Waals surface area (Å²) in [6.45, 7) is 0. The minimum atomic E-state index is -0.506. The normalized spacial score (nSPS) is 27.1. The van der Waals surface area contributed by atoms with Crippen LogP contribution in [-0.4, -0.2) is 15.7 Å². The lowest BCUT2D eigenvalue weighted by Gasteiger charge is -2.27. The summed E-state index contributed by atoms with van der Waals surface area (Å²) in [5, 5.41) is 12.6. The summed E-state index contributed by atoms with van der Waals surface area (Å²) in [7, 11) is 0. The van der Waals surface area contributed by atoms with Gasteiger partial charge in [0.25, 0.3) is 0 Å². The second-order valence-corrected chi connectivity index (χ2v) is 5.08. The fourth-order valence-corrected chi connectivity index (χ4v) is 3.00. The first-order chi connectivity index (χ1) is 6.75. The Morgan fingerprint density at radius 1 is 1.36 bits per heavy atom. The van der Waals surface area contributed by atoms with Crippen LogP contribution in [0.2, 0.25) is 0 Å². The largest absolute Gasteiger partial charge is 0.374 e. The van der Waals surface area contributed by atoms with Crippen LogP contribution in [0.5, 0.6) is 0 Å². The predicted octanol–water partition coefficient (Wildman–Crippen LogP) is 2.06. The van der Waals surface area contributed by atoms with Crippen molar-refractivity contribution in [3.05, 3.63) is 35.9 Å². The van der Waals surface area contributed by atoms with Gasteiger partial charge in [-0.3, -0.25) is 0 Å². The van der Waals surface area contributed by atoms with E-state index in [4.69, 9.17) is 12.2 Å². The van der Waals surface area contributed by atoms with Crippen molar-refractivity contribution in [3.63, 3.8) is 0 Å². The van der Waals surface area contributed by atoms with E-state index in [1.54, 1.807) is 11.8 Å². The molecule has 1 heterocycles. The van der Waals surface area contributed by atoms with E-state index in [1.807, 2.05) is 18.2 Å². The first-order valence-corrected chi connectivity index (χ1v) is 5.74. The van der Waals surface area contributed by atoms with Gasteiger partial charge in [-0.2, -0.15) is 0 Å². The second kappa shape index (κ2) is 4.29. The molecule has 4 heteroatoms. The van der Waals surface area contributed by atoms with Gasteiger partial charge in [0.2, 0.25) is 0 Å². The molecular formula is C10H11NOS2. The fraction of sp³-hybridized carbons (Fsp3) is 0.300. The van der Waals surface area contributed by atoms with Gasteiger partial charge < -0.3 is 10.4 Å². The molecule has 0 saturated carbocycles. The summed E-state index contributed by atoms with van der Waals surface area (Å²) >= 11 is 6.66. The Hall–Kier alpha value is -0.580. The molecule has 1 saturated heterocycles.